The van der Waals surface area contributed by atoms with Gasteiger partial charge in [-0.3, -0.25) is 9.03 Å². The molecule has 3 aromatic rings. The Kier molecular flexibility index (Phi) is 5.72. The molecule has 4 rings (SSSR count). The van der Waals surface area contributed by atoms with Crippen LogP contribution in [0.25, 0.3) is 0 Å². The van der Waals surface area contributed by atoms with Crippen molar-refractivity contribution in [2.75, 3.05) is 15.6 Å². The van der Waals surface area contributed by atoms with Crippen LogP contribution in [0.15, 0.2) is 76.5 Å². The van der Waals surface area contributed by atoms with Gasteiger partial charge in [-0.15, -0.1) is 0 Å². The van der Waals surface area contributed by atoms with Gasteiger partial charge in [-0.2, -0.15) is 0 Å². The van der Waals surface area contributed by atoms with Crippen LogP contribution in [0.5, 0.6) is 0 Å². The van der Waals surface area contributed by atoms with E-state index in [4.69, 9.17) is 11.6 Å². The minimum atomic E-state index is -3.79. The van der Waals surface area contributed by atoms with Crippen LogP contribution in [0, 0.1) is 6.92 Å². The molecule has 3 aromatic carbocycles. The maximum Gasteiger partial charge on any atom is 0.264 e. The number of fused-ring (bicyclic) bond motifs is 1. The van der Waals surface area contributed by atoms with Crippen LogP contribution in [0.2, 0.25) is 5.02 Å². The normalized spacial score (nSPS) is 14.2. The second-order valence-corrected chi connectivity index (χ2v) is 11.4. The van der Waals surface area contributed by atoms with Crippen molar-refractivity contribution in [2.24, 2.45) is 0 Å². The number of aryl methyl sites for hydroxylation is 2. The smallest absolute Gasteiger partial charge is 0.264 e. The summed E-state index contributed by atoms with van der Waals surface area (Å²) in [4.78, 5) is 0.330. The first-order valence-electron chi connectivity index (χ1n) is 9.67. The fraction of sp³-hybridized carbons (Fsp3) is 0.182. The van der Waals surface area contributed by atoms with Crippen molar-refractivity contribution in [2.45, 2.75) is 29.6 Å². The van der Waals surface area contributed by atoms with E-state index in [1.165, 1.54) is 28.6 Å². The van der Waals surface area contributed by atoms with E-state index in [9.17, 15) is 16.8 Å². The molecule has 162 valence electrons. The molecule has 1 aliphatic rings. The number of nitrogens with zero attached hydrogens (tertiary/aromatic N) is 1. The highest BCUT2D eigenvalue weighted by Crippen LogP contribution is 2.34. The Bertz CT molecular complexity index is 1320. The quantitative estimate of drug-likeness (QED) is 0.583. The zero-order valence-corrected chi connectivity index (χ0v) is 19.1. The standard InChI is InChI=1S/C22H21ClN2O4S2/c1-16-4-9-21(10-5-16)31(28,29)25-14-2-3-17-15-19(8-13-22(17)25)24-30(26,27)20-11-6-18(23)7-12-20/h4-13,15,24H,2-3,14H2,1H3. The summed E-state index contributed by atoms with van der Waals surface area (Å²) in [7, 11) is -7.49. The lowest BCUT2D eigenvalue weighted by Crippen LogP contribution is -2.35. The largest absolute Gasteiger partial charge is 0.280 e. The maximum atomic E-state index is 13.2. The molecule has 1 aliphatic heterocycles. The number of rotatable bonds is 5. The van der Waals surface area contributed by atoms with Crippen molar-refractivity contribution in [1.82, 2.24) is 0 Å². The van der Waals surface area contributed by atoms with Gasteiger partial charge < -0.3 is 0 Å². The van der Waals surface area contributed by atoms with Gasteiger partial charge in [0.15, 0.2) is 0 Å². The third-order valence-electron chi connectivity index (χ3n) is 5.14. The van der Waals surface area contributed by atoms with Crippen molar-refractivity contribution in [3.8, 4) is 0 Å². The lowest BCUT2D eigenvalue weighted by molar-refractivity contribution is 0.586. The van der Waals surface area contributed by atoms with Gasteiger partial charge in [-0.05, 0) is 79.9 Å². The van der Waals surface area contributed by atoms with Crippen LogP contribution in [-0.4, -0.2) is 23.4 Å². The lowest BCUT2D eigenvalue weighted by atomic mass is 10.0. The summed E-state index contributed by atoms with van der Waals surface area (Å²) >= 11 is 5.83. The van der Waals surface area contributed by atoms with Crippen molar-refractivity contribution < 1.29 is 16.8 Å². The van der Waals surface area contributed by atoms with Crippen LogP contribution in [0.1, 0.15) is 17.5 Å². The van der Waals surface area contributed by atoms with Crippen molar-refractivity contribution in [1.29, 1.82) is 0 Å². The molecule has 0 amide bonds. The summed E-state index contributed by atoms with van der Waals surface area (Å²) in [6.45, 7) is 2.28. The number of anilines is 2. The molecule has 0 aromatic heterocycles. The Balaban J connectivity index is 1.64. The Morgan fingerprint density at radius 2 is 1.52 bits per heavy atom. The molecule has 6 nitrogen and oxygen atoms in total. The van der Waals surface area contributed by atoms with Gasteiger partial charge in [0, 0.05) is 17.3 Å². The molecule has 9 heteroatoms. The highest BCUT2D eigenvalue weighted by atomic mass is 35.5. The van der Waals surface area contributed by atoms with Crippen LogP contribution in [0.3, 0.4) is 0 Å². The molecule has 0 radical (unpaired) electrons. The monoisotopic (exact) mass is 476 g/mol. The third kappa shape index (κ3) is 4.42. The van der Waals surface area contributed by atoms with Crippen molar-refractivity contribution in [3.63, 3.8) is 0 Å². The van der Waals surface area contributed by atoms with E-state index < -0.39 is 20.0 Å². The Morgan fingerprint density at radius 3 is 2.19 bits per heavy atom. The summed E-state index contributed by atoms with van der Waals surface area (Å²) in [6, 6.07) is 17.6. The molecule has 0 saturated heterocycles. The van der Waals surface area contributed by atoms with Gasteiger partial charge in [-0.1, -0.05) is 29.3 Å². The second-order valence-electron chi connectivity index (χ2n) is 7.40. The predicted molar refractivity (Wildman–Crippen MR) is 123 cm³/mol. The van der Waals surface area contributed by atoms with E-state index in [-0.39, 0.29) is 9.79 Å². The van der Waals surface area contributed by atoms with Crippen LogP contribution in [-0.2, 0) is 26.5 Å². The van der Waals surface area contributed by atoms with Gasteiger partial charge >= 0.3 is 0 Å². The third-order valence-corrected chi connectivity index (χ3v) is 8.62. The number of sulfonamides is 2. The zero-order valence-electron chi connectivity index (χ0n) is 16.7. The molecule has 0 saturated carbocycles. The second kappa shape index (κ2) is 8.18. The molecule has 0 unspecified atom stereocenters. The first-order valence-corrected chi connectivity index (χ1v) is 13.0. The van der Waals surface area contributed by atoms with Crippen LogP contribution < -0.4 is 9.03 Å². The Labute approximate surface area is 187 Å². The van der Waals surface area contributed by atoms with Gasteiger partial charge in [0.2, 0.25) is 0 Å². The number of nitrogens with one attached hydrogen (secondary N) is 1. The molecular formula is C22H21ClN2O4S2. The molecule has 0 spiro atoms. The molecule has 31 heavy (non-hydrogen) atoms. The number of hydrogen-bond donors (Lipinski definition) is 1. The topological polar surface area (TPSA) is 83.6 Å². The summed E-state index contributed by atoms with van der Waals surface area (Å²) in [5.41, 5.74) is 2.71. The summed E-state index contributed by atoms with van der Waals surface area (Å²) in [5.74, 6) is 0. The van der Waals surface area contributed by atoms with Crippen molar-refractivity contribution in [3.05, 3.63) is 82.9 Å². The maximum absolute atomic E-state index is 13.2. The number of benzene rings is 3. The van der Waals surface area contributed by atoms with E-state index in [2.05, 4.69) is 4.72 Å². The fourth-order valence-corrected chi connectivity index (χ4v) is 6.26. The minimum Gasteiger partial charge on any atom is -0.280 e. The van der Waals surface area contributed by atoms with Crippen LogP contribution >= 0.6 is 11.6 Å². The first kappa shape index (κ1) is 21.7. The Morgan fingerprint density at radius 1 is 0.871 bits per heavy atom. The molecule has 0 atom stereocenters. The van der Waals surface area contributed by atoms with Gasteiger partial charge in [0.25, 0.3) is 20.0 Å². The van der Waals surface area contributed by atoms with E-state index in [1.807, 2.05) is 6.92 Å². The lowest BCUT2D eigenvalue weighted by Gasteiger charge is -2.31. The minimum absolute atomic E-state index is 0.0956. The number of hydrogen-bond acceptors (Lipinski definition) is 4. The first-order chi connectivity index (χ1) is 14.7. The van der Waals surface area contributed by atoms with E-state index >= 15 is 0 Å². The summed E-state index contributed by atoms with van der Waals surface area (Å²) in [6.07, 6.45) is 1.30. The van der Waals surface area contributed by atoms with E-state index in [0.717, 1.165) is 11.1 Å². The average molecular weight is 477 g/mol. The number of halogens is 1. The molecule has 1 N–H and O–H groups in total. The van der Waals surface area contributed by atoms with Gasteiger partial charge in [0.1, 0.15) is 0 Å². The fourth-order valence-electron chi connectivity index (χ4n) is 3.54. The highest BCUT2D eigenvalue weighted by molar-refractivity contribution is 7.93. The van der Waals surface area contributed by atoms with Crippen LogP contribution in [0.4, 0.5) is 11.4 Å². The van der Waals surface area contributed by atoms with E-state index in [0.29, 0.717) is 35.8 Å². The van der Waals surface area contributed by atoms with Crippen molar-refractivity contribution >= 4 is 43.0 Å². The average Bonchev–Trinajstić information content (AvgIpc) is 2.73. The van der Waals surface area contributed by atoms with Gasteiger partial charge in [-0.25, -0.2) is 16.8 Å². The molecular weight excluding hydrogens is 456 g/mol. The Hall–Kier alpha value is -2.55. The molecule has 0 bridgehead atoms. The summed E-state index contributed by atoms with van der Waals surface area (Å²) < 4.78 is 55.6. The highest BCUT2D eigenvalue weighted by Gasteiger charge is 2.29. The SMILES string of the molecule is Cc1ccc(S(=O)(=O)N2CCCc3cc(NS(=O)(=O)c4ccc(Cl)cc4)ccc32)cc1. The summed E-state index contributed by atoms with van der Waals surface area (Å²) in [5, 5.41) is 0.447. The van der Waals surface area contributed by atoms with Gasteiger partial charge in [0.05, 0.1) is 15.5 Å². The zero-order chi connectivity index (χ0) is 22.2. The molecule has 0 fully saturated rings. The molecule has 0 aliphatic carbocycles. The molecule has 1 heterocycles. The predicted octanol–water partition coefficient (Wildman–Crippen LogP) is 4.59. The van der Waals surface area contributed by atoms with E-state index in [1.54, 1.807) is 42.5 Å².